The second kappa shape index (κ2) is 4.69. The maximum absolute atomic E-state index is 13.1. The van der Waals surface area contributed by atoms with Gasteiger partial charge in [-0.1, -0.05) is 0 Å². The standard InChI is InChI=1S/C14H19FN2O/c1-14(2)10-17(7-6-16(14)3)13-5-4-12(15)8-11(13)9-18/h4-5,8-9H,6-7,10H2,1-3H3. The number of carbonyl (C=O) groups is 1. The molecule has 18 heavy (non-hydrogen) atoms. The lowest BCUT2D eigenvalue weighted by molar-refractivity contribution is 0.112. The fourth-order valence-electron chi connectivity index (χ4n) is 2.35. The number of rotatable bonds is 2. The Kier molecular flexibility index (Phi) is 3.39. The van der Waals surface area contributed by atoms with Gasteiger partial charge in [-0.15, -0.1) is 0 Å². The van der Waals surface area contributed by atoms with Crippen LogP contribution >= 0.6 is 0 Å². The van der Waals surface area contributed by atoms with Crippen molar-refractivity contribution in [2.24, 2.45) is 0 Å². The summed E-state index contributed by atoms with van der Waals surface area (Å²) in [5.41, 5.74) is 1.30. The monoisotopic (exact) mass is 250 g/mol. The average Bonchev–Trinajstić information content (AvgIpc) is 2.32. The molecule has 0 aromatic heterocycles. The van der Waals surface area contributed by atoms with Crippen LogP contribution in [0.4, 0.5) is 10.1 Å². The van der Waals surface area contributed by atoms with Crippen LogP contribution in [-0.4, -0.2) is 43.4 Å². The van der Waals surface area contributed by atoms with Crippen molar-refractivity contribution in [1.82, 2.24) is 4.90 Å². The van der Waals surface area contributed by atoms with E-state index in [0.29, 0.717) is 5.56 Å². The summed E-state index contributed by atoms with van der Waals surface area (Å²) in [6.45, 7) is 6.96. The lowest BCUT2D eigenvalue weighted by atomic mass is 9.98. The summed E-state index contributed by atoms with van der Waals surface area (Å²) >= 11 is 0. The number of likely N-dealkylation sites (N-methyl/N-ethyl adjacent to an activating group) is 1. The molecule has 1 aromatic carbocycles. The predicted molar refractivity (Wildman–Crippen MR) is 70.7 cm³/mol. The van der Waals surface area contributed by atoms with E-state index in [4.69, 9.17) is 0 Å². The molecule has 0 bridgehead atoms. The Balaban J connectivity index is 2.30. The number of hydrogen-bond acceptors (Lipinski definition) is 3. The number of piperazine rings is 1. The van der Waals surface area contributed by atoms with E-state index < -0.39 is 0 Å². The van der Waals surface area contributed by atoms with Gasteiger partial charge in [0.1, 0.15) is 5.82 Å². The Morgan fingerprint density at radius 1 is 1.33 bits per heavy atom. The molecule has 0 spiro atoms. The van der Waals surface area contributed by atoms with Gasteiger partial charge in [0.05, 0.1) is 0 Å². The molecule has 0 unspecified atom stereocenters. The highest BCUT2D eigenvalue weighted by Gasteiger charge is 2.31. The number of benzene rings is 1. The van der Waals surface area contributed by atoms with Crippen molar-refractivity contribution in [3.05, 3.63) is 29.6 Å². The van der Waals surface area contributed by atoms with E-state index in [2.05, 4.69) is 30.7 Å². The fraction of sp³-hybridized carbons (Fsp3) is 0.500. The molecule has 0 N–H and O–H groups in total. The molecule has 0 saturated carbocycles. The highest BCUT2D eigenvalue weighted by Crippen LogP contribution is 2.27. The smallest absolute Gasteiger partial charge is 0.152 e. The molecular formula is C14H19FN2O. The summed E-state index contributed by atoms with van der Waals surface area (Å²) in [5, 5.41) is 0. The summed E-state index contributed by atoms with van der Waals surface area (Å²) in [5.74, 6) is -0.366. The molecule has 0 radical (unpaired) electrons. The van der Waals surface area contributed by atoms with Crippen LogP contribution in [0, 0.1) is 5.82 Å². The zero-order chi connectivity index (χ0) is 13.3. The van der Waals surface area contributed by atoms with E-state index in [1.54, 1.807) is 6.07 Å². The minimum Gasteiger partial charge on any atom is -0.368 e. The van der Waals surface area contributed by atoms with Crippen LogP contribution in [0.2, 0.25) is 0 Å². The van der Waals surface area contributed by atoms with Gasteiger partial charge in [-0.2, -0.15) is 0 Å². The maximum atomic E-state index is 13.1. The Hall–Kier alpha value is -1.42. The molecule has 4 heteroatoms. The normalized spacial score (nSPS) is 19.9. The van der Waals surface area contributed by atoms with Crippen molar-refractivity contribution in [2.75, 3.05) is 31.6 Å². The third kappa shape index (κ3) is 2.38. The van der Waals surface area contributed by atoms with Crippen LogP contribution in [0.3, 0.4) is 0 Å². The van der Waals surface area contributed by atoms with Crippen molar-refractivity contribution in [1.29, 1.82) is 0 Å². The molecule has 98 valence electrons. The van der Waals surface area contributed by atoms with E-state index in [1.165, 1.54) is 12.1 Å². The molecule has 1 aliphatic heterocycles. The quantitative estimate of drug-likeness (QED) is 0.752. The van der Waals surface area contributed by atoms with Gasteiger partial charge in [-0.05, 0) is 39.1 Å². The Bertz CT molecular complexity index is 459. The topological polar surface area (TPSA) is 23.6 Å². The Morgan fingerprint density at radius 3 is 2.67 bits per heavy atom. The van der Waals surface area contributed by atoms with Gasteiger partial charge in [0, 0.05) is 36.4 Å². The van der Waals surface area contributed by atoms with E-state index >= 15 is 0 Å². The largest absolute Gasteiger partial charge is 0.368 e. The molecule has 3 nitrogen and oxygen atoms in total. The minimum absolute atomic E-state index is 0.0484. The number of hydrogen-bond donors (Lipinski definition) is 0. The van der Waals surface area contributed by atoms with Crippen LogP contribution in [-0.2, 0) is 0 Å². The summed E-state index contributed by atoms with van der Waals surface area (Å²) in [6, 6.07) is 4.40. The van der Waals surface area contributed by atoms with Crippen molar-refractivity contribution in [2.45, 2.75) is 19.4 Å². The molecule has 1 aromatic rings. The summed E-state index contributed by atoms with van der Waals surface area (Å²) in [7, 11) is 2.10. The van der Waals surface area contributed by atoms with Crippen molar-refractivity contribution in [3.8, 4) is 0 Å². The molecule has 1 aliphatic rings. The molecule has 2 rings (SSSR count). The first-order valence-corrected chi connectivity index (χ1v) is 6.15. The zero-order valence-electron chi connectivity index (χ0n) is 11.1. The van der Waals surface area contributed by atoms with Crippen molar-refractivity contribution >= 4 is 12.0 Å². The number of aldehydes is 1. The lowest BCUT2D eigenvalue weighted by Crippen LogP contribution is -2.57. The second-order valence-corrected chi connectivity index (χ2v) is 5.48. The Labute approximate surface area is 107 Å². The first kappa shape index (κ1) is 13.0. The highest BCUT2D eigenvalue weighted by atomic mass is 19.1. The van der Waals surface area contributed by atoms with Gasteiger partial charge in [0.15, 0.2) is 6.29 Å². The van der Waals surface area contributed by atoms with Gasteiger partial charge in [-0.25, -0.2) is 4.39 Å². The third-order valence-corrected chi connectivity index (χ3v) is 3.77. The number of anilines is 1. The van der Waals surface area contributed by atoms with Gasteiger partial charge >= 0.3 is 0 Å². The summed E-state index contributed by atoms with van der Waals surface area (Å²) in [4.78, 5) is 15.5. The summed E-state index contributed by atoms with van der Waals surface area (Å²) in [6.07, 6.45) is 0.726. The van der Waals surface area contributed by atoms with Gasteiger partial charge < -0.3 is 4.90 Å². The maximum Gasteiger partial charge on any atom is 0.152 e. The second-order valence-electron chi connectivity index (χ2n) is 5.48. The number of carbonyl (C=O) groups excluding carboxylic acids is 1. The fourth-order valence-corrected chi connectivity index (χ4v) is 2.35. The van der Waals surface area contributed by atoms with Crippen LogP contribution in [0.1, 0.15) is 24.2 Å². The molecular weight excluding hydrogens is 231 g/mol. The van der Waals surface area contributed by atoms with Gasteiger partial charge in [0.2, 0.25) is 0 Å². The first-order valence-electron chi connectivity index (χ1n) is 6.15. The van der Waals surface area contributed by atoms with Crippen LogP contribution < -0.4 is 4.90 Å². The van der Waals surface area contributed by atoms with E-state index in [-0.39, 0.29) is 11.4 Å². The lowest BCUT2D eigenvalue weighted by Gasteiger charge is -2.46. The molecule has 1 heterocycles. The minimum atomic E-state index is -0.366. The SMILES string of the molecule is CN1CCN(c2ccc(F)cc2C=O)CC1(C)C. The van der Waals surface area contributed by atoms with E-state index in [9.17, 15) is 9.18 Å². The zero-order valence-corrected chi connectivity index (χ0v) is 11.1. The predicted octanol–water partition coefficient (Wildman–Crippen LogP) is 2.17. The van der Waals surface area contributed by atoms with Crippen molar-refractivity contribution < 1.29 is 9.18 Å². The number of halogens is 1. The number of nitrogens with zero attached hydrogens (tertiary/aromatic N) is 2. The van der Waals surface area contributed by atoms with E-state index in [0.717, 1.165) is 31.6 Å². The van der Waals surface area contributed by atoms with Crippen LogP contribution in [0.15, 0.2) is 18.2 Å². The summed E-state index contributed by atoms with van der Waals surface area (Å²) < 4.78 is 13.1. The molecule has 0 amide bonds. The van der Waals surface area contributed by atoms with Gasteiger partial charge in [0.25, 0.3) is 0 Å². The highest BCUT2D eigenvalue weighted by molar-refractivity contribution is 5.84. The molecule has 0 aliphatic carbocycles. The first-order chi connectivity index (χ1) is 8.44. The Morgan fingerprint density at radius 2 is 2.06 bits per heavy atom. The van der Waals surface area contributed by atoms with Crippen LogP contribution in [0.5, 0.6) is 0 Å². The molecule has 1 fully saturated rings. The average molecular weight is 250 g/mol. The van der Waals surface area contributed by atoms with Crippen LogP contribution in [0.25, 0.3) is 0 Å². The molecule has 1 saturated heterocycles. The van der Waals surface area contributed by atoms with E-state index in [1.807, 2.05) is 0 Å². The van der Waals surface area contributed by atoms with Crippen molar-refractivity contribution in [3.63, 3.8) is 0 Å². The molecule has 0 atom stereocenters. The third-order valence-electron chi connectivity index (χ3n) is 3.77. The van der Waals surface area contributed by atoms with Gasteiger partial charge in [-0.3, -0.25) is 9.69 Å².